The van der Waals surface area contributed by atoms with Gasteiger partial charge in [0.2, 0.25) is 0 Å². The van der Waals surface area contributed by atoms with E-state index in [4.69, 9.17) is 10.7 Å². The fraction of sp³-hybridized carbons (Fsp3) is 0.406. The van der Waals surface area contributed by atoms with E-state index in [2.05, 4.69) is 41.9 Å². The first-order valence-corrected chi connectivity index (χ1v) is 15.0. The highest BCUT2D eigenvalue weighted by Gasteiger charge is 2.17. The molecule has 0 atom stereocenters. The fourth-order valence-electron chi connectivity index (χ4n) is 6.10. The Balaban J connectivity index is 0.000000203. The Hall–Kier alpha value is -4.47. The number of pyridine rings is 2. The van der Waals surface area contributed by atoms with E-state index >= 15 is 0 Å². The predicted molar refractivity (Wildman–Crippen MR) is 165 cm³/mol. The second kappa shape index (κ2) is 13.0. The first-order chi connectivity index (χ1) is 20.6. The van der Waals surface area contributed by atoms with Gasteiger partial charge in [-0.15, -0.1) is 10.2 Å². The summed E-state index contributed by atoms with van der Waals surface area (Å²) in [6.07, 6.45) is 22.5. The van der Waals surface area contributed by atoms with Gasteiger partial charge in [0.15, 0.2) is 5.82 Å². The number of rotatable bonds is 5. The highest BCUT2D eigenvalue weighted by molar-refractivity contribution is 5.81. The van der Waals surface area contributed by atoms with Crippen molar-refractivity contribution in [3.8, 4) is 11.1 Å². The molecule has 10 nitrogen and oxygen atoms in total. The number of aryl methyl sites for hydroxylation is 1. The van der Waals surface area contributed by atoms with Crippen molar-refractivity contribution in [2.45, 2.75) is 76.0 Å². The molecule has 5 heterocycles. The summed E-state index contributed by atoms with van der Waals surface area (Å²) in [5.74, 6) is 3.28. The maximum absolute atomic E-state index is 5.59. The SMILES string of the molecule is Cn1cc(-c2cnc3ccc(Nc4cc(C5CCCCC5)cnn4)nc3c2)cn1.Nc1cc(C2CCCCC2)cnn1. The van der Waals surface area contributed by atoms with Gasteiger partial charge >= 0.3 is 0 Å². The lowest BCUT2D eigenvalue weighted by Crippen LogP contribution is -2.06. The van der Waals surface area contributed by atoms with Gasteiger partial charge in [-0.05, 0) is 79.0 Å². The molecule has 5 aromatic heterocycles. The first-order valence-electron chi connectivity index (χ1n) is 15.0. The van der Waals surface area contributed by atoms with E-state index in [9.17, 15) is 0 Å². The van der Waals surface area contributed by atoms with Gasteiger partial charge in [-0.2, -0.15) is 15.3 Å². The smallest absolute Gasteiger partial charge is 0.154 e. The minimum absolute atomic E-state index is 0.545. The second-order valence-corrected chi connectivity index (χ2v) is 11.4. The summed E-state index contributed by atoms with van der Waals surface area (Å²) in [5, 5.41) is 23.7. The molecule has 0 aromatic carbocycles. The van der Waals surface area contributed by atoms with Gasteiger partial charge in [0, 0.05) is 30.6 Å². The number of nitrogens with one attached hydrogen (secondary N) is 1. The Morgan fingerprint density at radius 3 is 2.07 bits per heavy atom. The fourth-order valence-corrected chi connectivity index (χ4v) is 6.10. The third-order valence-electron chi connectivity index (χ3n) is 8.36. The molecule has 0 radical (unpaired) electrons. The van der Waals surface area contributed by atoms with Gasteiger partial charge in [0.05, 0.1) is 29.6 Å². The van der Waals surface area contributed by atoms with Crippen molar-refractivity contribution in [3.63, 3.8) is 0 Å². The third kappa shape index (κ3) is 6.87. The Bertz CT molecular complexity index is 1620. The van der Waals surface area contributed by atoms with Crippen LogP contribution in [-0.4, -0.2) is 40.1 Å². The second-order valence-electron chi connectivity index (χ2n) is 11.4. The van der Waals surface area contributed by atoms with Crippen molar-refractivity contribution >= 4 is 28.5 Å². The molecule has 2 saturated carbocycles. The van der Waals surface area contributed by atoms with E-state index in [0.29, 0.717) is 17.7 Å². The first kappa shape index (κ1) is 27.7. The number of nitrogens with zero attached hydrogens (tertiary/aromatic N) is 8. The number of nitrogens with two attached hydrogens (primary N) is 1. The molecule has 5 aromatic rings. The standard InChI is InChI=1S/C22H23N7.C10H15N3/c1-29-14-18(13-25-29)16-9-20-19(23-11-16)7-8-21(26-20)27-22-10-17(12-24-28-22)15-5-3-2-4-6-15;11-10-6-9(7-12-13-10)8-4-2-1-3-5-8/h7-15H,2-6H2,1H3,(H,26,27,28);6-8H,1-5H2,(H2,11,13). The van der Waals surface area contributed by atoms with Crippen LogP contribution >= 0.6 is 0 Å². The lowest BCUT2D eigenvalue weighted by atomic mass is 9.85. The lowest BCUT2D eigenvalue weighted by molar-refractivity contribution is 0.442. The zero-order valence-corrected chi connectivity index (χ0v) is 24.2. The van der Waals surface area contributed by atoms with Crippen molar-refractivity contribution in [2.75, 3.05) is 11.1 Å². The largest absolute Gasteiger partial charge is 0.382 e. The average molecular weight is 563 g/mol. The zero-order chi connectivity index (χ0) is 28.7. The summed E-state index contributed by atoms with van der Waals surface area (Å²) in [4.78, 5) is 9.27. The van der Waals surface area contributed by atoms with E-state index < -0.39 is 0 Å². The number of nitrogen functional groups attached to an aromatic ring is 1. The van der Waals surface area contributed by atoms with Crippen LogP contribution < -0.4 is 11.1 Å². The Kier molecular flexibility index (Phi) is 8.58. The number of aromatic nitrogens is 8. The van der Waals surface area contributed by atoms with Gasteiger partial charge in [-0.25, -0.2) is 4.98 Å². The third-order valence-corrected chi connectivity index (χ3v) is 8.36. The van der Waals surface area contributed by atoms with Crippen LogP contribution in [0.25, 0.3) is 22.2 Å². The van der Waals surface area contributed by atoms with E-state index in [0.717, 1.165) is 33.8 Å². The van der Waals surface area contributed by atoms with Gasteiger partial charge in [-0.3, -0.25) is 9.67 Å². The molecule has 0 amide bonds. The summed E-state index contributed by atoms with van der Waals surface area (Å²) in [7, 11) is 1.90. The van der Waals surface area contributed by atoms with Gasteiger partial charge in [-0.1, -0.05) is 38.5 Å². The van der Waals surface area contributed by atoms with Crippen molar-refractivity contribution in [2.24, 2.45) is 7.05 Å². The predicted octanol–water partition coefficient (Wildman–Crippen LogP) is 6.72. The molecule has 7 rings (SSSR count). The Labute approximate surface area is 246 Å². The van der Waals surface area contributed by atoms with E-state index in [1.165, 1.54) is 75.3 Å². The van der Waals surface area contributed by atoms with Crippen LogP contribution in [0, 0.1) is 0 Å². The highest BCUT2D eigenvalue weighted by Crippen LogP contribution is 2.34. The molecule has 2 fully saturated rings. The van der Waals surface area contributed by atoms with Crippen molar-refractivity contribution in [3.05, 3.63) is 72.4 Å². The summed E-state index contributed by atoms with van der Waals surface area (Å²) in [6, 6.07) is 10.0. The van der Waals surface area contributed by atoms with Gasteiger partial charge in [0.1, 0.15) is 11.6 Å². The van der Waals surface area contributed by atoms with Gasteiger partial charge in [0.25, 0.3) is 0 Å². The number of fused-ring (bicyclic) bond motifs is 1. The van der Waals surface area contributed by atoms with Crippen molar-refractivity contribution in [1.29, 1.82) is 0 Å². The van der Waals surface area contributed by atoms with Crippen LogP contribution in [0.5, 0.6) is 0 Å². The molecule has 10 heteroatoms. The number of hydrogen-bond donors (Lipinski definition) is 2. The normalized spacial score (nSPS) is 16.1. The minimum Gasteiger partial charge on any atom is -0.382 e. The topological polar surface area (TPSA) is 133 Å². The quantitative estimate of drug-likeness (QED) is 0.239. The van der Waals surface area contributed by atoms with Crippen LogP contribution in [0.3, 0.4) is 0 Å². The Morgan fingerprint density at radius 1 is 0.714 bits per heavy atom. The molecular weight excluding hydrogens is 524 g/mol. The zero-order valence-electron chi connectivity index (χ0n) is 24.2. The molecule has 0 unspecified atom stereocenters. The molecule has 42 heavy (non-hydrogen) atoms. The molecule has 0 saturated heterocycles. The molecule has 0 spiro atoms. The van der Waals surface area contributed by atoms with E-state index in [1.807, 2.05) is 62.3 Å². The monoisotopic (exact) mass is 562 g/mol. The lowest BCUT2D eigenvalue weighted by Gasteiger charge is -2.21. The molecule has 0 bridgehead atoms. The van der Waals surface area contributed by atoms with Crippen LogP contribution in [0.15, 0.2) is 61.3 Å². The summed E-state index contributed by atoms with van der Waals surface area (Å²) >= 11 is 0. The Morgan fingerprint density at radius 2 is 1.40 bits per heavy atom. The summed E-state index contributed by atoms with van der Waals surface area (Å²) in [6.45, 7) is 0. The molecule has 216 valence electrons. The molecule has 2 aliphatic rings. The molecule has 0 aliphatic heterocycles. The average Bonchev–Trinajstić information content (AvgIpc) is 3.48. The van der Waals surface area contributed by atoms with Crippen LogP contribution in [0.2, 0.25) is 0 Å². The maximum Gasteiger partial charge on any atom is 0.154 e. The van der Waals surface area contributed by atoms with E-state index in [1.54, 1.807) is 4.68 Å². The van der Waals surface area contributed by atoms with Gasteiger partial charge < -0.3 is 11.1 Å². The highest BCUT2D eigenvalue weighted by atomic mass is 15.2. The van der Waals surface area contributed by atoms with Crippen molar-refractivity contribution < 1.29 is 0 Å². The van der Waals surface area contributed by atoms with Crippen molar-refractivity contribution in [1.82, 2.24) is 40.1 Å². The molecular formula is C32H38N10. The molecule has 2 aliphatic carbocycles. The summed E-state index contributed by atoms with van der Waals surface area (Å²) < 4.78 is 1.78. The number of anilines is 3. The summed E-state index contributed by atoms with van der Waals surface area (Å²) in [5.41, 5.74) is 11.8. The van der Waals surface area contributed by atoms with Crippen LogP contribution in [0.1, 0.15) is 87.2 Å². The van der Waals surface area contributed by atoms with E-state index in [-0.39, 0.29) is 0 Å². The minimum atomic E-state index is 0.545. The van der Waals surface area contributed by atoms with Crippen LogP contribution in [-0.2, 0) is 7.05 Å². The van der Waals surface area contributed by atoms with Crippen LogP contribution in [0.4, 0.5) is 17.5 Å². The maximum atomic E-state index is 5.59. The molecule has 3 N–H and O–H groups in total. The number of hydrogen-bond acceptors (Lipinski definition) is 9.